The van der Waals surface area contributed by atoms with Crippen LogP contribution in [0.3, 0.4) is 0 Å². The topological polar surface area (TPSA) is 62.3 Å². The Morgan fingerprint density at radius 2 is 1.89 bits per heavy atom. The van der Waals surface area contributed by atoms with Crippen molar-refractivity contribution in [2.24, 2.45) is 0 Å². The minimum Gasteiger partial charge on any atom is -0.341 e. The second kappa shape index (κ2) is 8.24. The Kier molecular flexibility index (Phi) is 5.54. The van der Waals surface area contributed by atoms with Gasteiger partial charge in [0.15, 0.2) is 0 Å². The van der Waals surface area contributed by atoms with Gasteiger partial charge in [-0.25, -0.2) is 4.98 Å². The van der Waals surface area contributed by atoms with E-state index in [1.807, 2.05) is 59.0 Å². The second-order valence-electron chi connectivity index (χ2n) is 6.80. The third-order valence-corrected chi connectivity index (χ3v) is 6.73. The van der Waals surface area contributed by atoms with Crippen LogP contribution in [0.5, 0.6) is 0 Å². The highest BCUT2D eigenvalue weighted by molar-refractivity contribution is 7.17. The van der Waals surface area contributed by atoms with Crippen molar-refractivity contribution in [2.75, 3.05) is 13.1 Å². The Balaban J connectivity index is 1.60. The van der Waals surface area contributed by atoms with Gasteiger partial charge in [-0.3, -0.25) is 9.59 Å². The van der Waals surface area contributed by atoms with Gasteiger partial charge in [0.1, 0.15) is 15.9 Å². The van der Waals surface area contributed by atoms with Crippen molar-refractivity contribution in [3.05, 3.63) is 63.3 Å². The van der Waals surface area contributed by atoms with Crippen molar-refractivity contribution in [2.45, 2.75) is 25.8 Å². The van der Waals surface area contributed by atoms with Crippen molar-refractivity contribution in [3.63, 3.8) is 0 Å². The van der Waals surface area contributed by atoms with E-state index in [4.69, 9.17) is 0 Å². The number of rotatable bonds is 5. The fourth-order valence-electron chi connectivity index (χ4n) is 3.37. The van der Waals surface area contributed by atoms with E-state index < -0.39 is 6.04 Å². The van der Waals surface area contributed by atoms with Gasteiger partial charge in [-0.1, -0.05) is 30.3 Å². The molecule has 1 aromatic carbocycles. The van der Waals surface area contributed by atoms with E-state index in [2.05, 4.69) is 10.3 Å². The van der Waals surface area contributed by atoms with Crippen LogP contribution in [0.15, 0.2) is 47.2 Å². The number of hydrogen-bond acceptors (Lipinski definition) is 5. The lowest BCUT2D eigenvalue weighted by Gasteiger charge is -2.24. The molecule has 144 valence electrons. The molecule has 0 unspecified atom stereocenters. The standard InChI is InChI=1S/C21H21N3O2S2/c1-14-18(28-20(22-14)16-9-12-27-13-16)19(25)23-17(15-7-3-2-4-8-15)21(26)24-10-5-6-11-24/h2-4,7-9,12-13,17H,5-6,10-11H2,1H3,(H,23,25)/t17-/m0/s1. The molecule has 0 radical (unpaired) electrons. The van der Waals surface area contributed by atoms with Gasteiger partial charge in [-0.15, -0.1) is 11.3 Å². The molecule has 2 aromatic heterocycles. The van der Waals surface area contributed by atoms with E-state index in [1.54, 1.807) is 11.3 Å². The van der Waals surface area contributed by atoms with Gasteiger partial charge in [-0.05, 0) is 36.8 Å². The number of hydrogen-bond donors (Lipinski definition) is 1. The quantitative estimate of drug-likeness (QED) is 0.682. The molecule has 0 bridgehead atoms. The highest BCUT2D eigenvalue weighted by Gasteiger charge is 2.30. The number of likely N-dealkylation sites (tertiary alicyclic amines) is 1. The zero-order valence-corrected chi connectivity index (χ0v) is 17.2. The Morgan fingerprint density at radius 1 is 1.14 bits per heavy atom. The Morgan fingerprint density at radius 3 is 2.57 bits per heavy atom. The summed E-state index contributed by atoms with van der Waals surface area (Å²) in [6.07, 6.45) is 2.03. The highest BCUT2D eigenvalue weighted by Crippen LogP contribution is 2.30. The zero-order valence-electron chi connectivity index (χ0n) is 15.6. The third-order valence-electron chi connectivity index (χ3n) is 4.84. The molecule has 1 atom stereocenters. The summed E-state index contributed by atoms with van der Waals surface area (Å²) in [7, 11) is 0. The number of benzene rings is 1. The first kappa shape index (κ1) is 18.8. The molecule has 4 rings (SSSR count). The van der Waals surface area contributed by atoms with Gasteiger partial charge in [0.2, 0.25) is 5.91 Å². The zero-order chi connectivity index (χ0) is 19.5. The average Bonchev–Trinajstić information content (AvgIpc) is 3.47. The second-order valence-corrected chi connectivity index (χ2v) is 8.57. The Bertz CT molecular complexity index is 961. The number of aryl methyl sites for hydroxylation is 1. The summed E-state index contributed by atoms with van der Waals surface area (Å²) in [5.74, 6) is -0.296. The van der Waals surface area contributed by atoms with Crippen LogP contribution in [-0.4, -0.2) is 34.8 Å². The summed E-state index contributed by atoms with van der Waals surface area (Å²) in [4.78, 5) is 33.1. The third kappa shape index (κ3) is 3.86. The van der Waals surface area contributed by atoms with E-state index in [-0.39, 0.29) is 11.8 Å². The molecule has 1 saturated heterocycles. The molecule has 1 aliphatic rings. The average molecular weight is 412 g/mol. The smallest absolute Gasteiger partial charge is 0.264 e. The first-order valence-corrected chi connectivity index (χ1v) is 11.0. The monoisotopic (exact) mass is 411 g/mol. The molecule has 7 heteroatoms. The molecule has 1 aliphatic heterocycles. The molecule has 0 saturated carbocycles. The fraction of sp³-hybridized carbons (Fsp3) is 0.286. The number of carbonyl (C=O) groups excluding carboxylic acids is 2. The van der Waals surface area contributed by atoms with Gasteiger partial charge in [0.25, 0.3) is 5.91 Å². The van der Waals surface area contributed by atoms with Crippen LogP contribution in [0.4, 0.5) is 0 Å². The number of thiophene rings is 1. The summed E-state index contributed by atoms with van der Waals surface area (Å²) in [6, 6.07) is 10.8. The van der Waals surface area contributed by atoms with E-state index >= 15 is 0 Å². The molecule has 0 spiro atoms. The normalized spacial score (nSPS) is 14.8. The van der Waals surface area contributed by atoms with Crippen molar-refractivity contribution < 1.29 is 9.59 Å². The van der Waals surface area contributed by atoms with Gasteiger partial charge >= 0.3 is 0 Å². The maximum Gasteiger partial charge on any atom is 0.264 e. The molecule has 1 N–H and O–H groups in total. The van der Waals surface area contributed by atoms with E-state index in [0.717, 1.165) is 42.1 Å². The first-order valence-electron chi connectivity index (χ1n) is 9.28. The Hall–Kier alpha value is -2.51. The number of thiazole rings is 1. The largest absolute Gasteiger partial charge is 0.341 e. The lowest BCUT2D eigenvalue weighted by molar-refractivity contribution is -0.132. The molecule has 3 heterocycles. The number of nitrogens with one attached hydrogen (secondary N) is 1. The number of nitrogens with zero attached hydrogens (tertiary/aromatic N) is 2. The Labute approximate surface area is 172 Å². The fourth-order valence-corrected chi connectivity index (χ4v) is 5.05. The van der Waals surface area contributed by atoms with E-state index in [1.165, 1.54) is 11.3 Å². The molecular weight excluding hydrogens is 390 g/mol. The van der Waals surface area contributed by atoms with Crippen LogP contribution >= 0.6 is 22.7 Å². The van der Waals surface area contributed by atoms with Crippen molar-refractivity contribution in [3.8, 4) is 10.6 Å². The maximum atomic E-state index is 13.1. The van der Waals surface area contributed by atoms with Crippen LogP contribution in [0, 0.1) is 6.92 Å². The SMILES string of the molecule is Cc1nc(-c2ccsc2)sc1C(=O)N[C@H](C(=O)N1CCCC1)c1ccccc1. The number of aromatic nitrogens is 1. The van der Waals surface area contributed by atoms with E-state index in [9.17, 15) is 9.59 Å². The van der Waals surface area contributed by atoms with Crippen molar-refractivity contribution >= 4 is 34.5 Å². The van der Waals surface area contributed by atoms with Crippen LogP contribution in [0.1, 0.15) is 39.8 Å². The summed E-state index contributed by atoms with van der Waals surface area (Å²) < 4.78 is 0. The minimum absolute atomic E-state index is 0.0442. The molecule has 2 amide bonds. The maximum absolute atomic E-state index is 13.1. The molecule has 1 fully saturated rings. The highest BCUT2D eigenvalue weighted by atomic mass is 32.1. The molecule has 28 heavy (non-hydrogen) atoms. The minimum atomic E-state index is -0.683. The number of amides is 2. The molecular formula is C21H21N3O2S2. The molecule has 3 aromatic rings. The number of carbonyl (C=O) groups is 2. The van der Waals surface area contributed by atoms with Gasteiger partial charge in [0.05, 0.1) is 5.69 Å². The van der Waals surface area contributed by atoms with Crippen molar-refractivity contribution in [1.29, 1.82) is 0 Å². The van der Waals surface area contributed by atoms with Crippen LogP contribution < -0.4 is 5.32 Å². The summed E-state index contributed by atoms with van der Waals surface area (Å²) in [5, 5.41) is 7.80. The van der Waals surface area contributed by atoms with Gasteiger partial charge < -0.3 is 10.2 Å². The molecule has 0 aliphatic carbocycles. The lowest BCUT2D eigenvalue weighted by Crippen LogP contribution is -2.41. The summed E-state index contributed by atoms with van der Waals surface area (Å²) in [5.41, 5.74) is 2.50. The van der Waals surface area contributed by atoms with E-state index in [0.29, 0.717) is 10.6 Å². The predicted molar refractivity (Wildman–Crippen MR) is 113 cm³/mol. The lowest BCUT2D eigenvalue weighted by atomic mass is 10.1. The van der Waals surface area contributed by atoms with Crippen LogP contribution in [-0.2, 0) is 4.79 Å². The van der Waals surface area contributed by atoms with Crippen molar-refractivity contribution in [1.82, 2.24) is 15.2 Å². The first-order chi connectivity index (χ1) is 13.6. The summed E-state index contributed by atoms with van der Waals surface area (Å²) >= 11 is 2.96. The van der Waals surface area contributed by atoms with Gasteiger partial charge in [-0.2, -0.15) is 11.3 Å². The summed E-state index contributed by atoms with van der Waals surface area (Å²) in [6.45, 7) is 3.33. The van der Waals surface area contributed by atoms with Gasteiger partial charge in [0, 0.05) is 24.0 Å². The van der Waals surface area contributed by atoms with Crippen LogP contribution in [0.25, 0.3) is 10.6 Å². The van der Waals surface area contributed by atoms with Crippen LogP contribution in [0.2, 0.25) is 0 Å². The predicted octanol–water partition coefficient (Wildman–Crippen LogP) is 4.27. The molecule has 5 nitrogen and oxygen atoms in total.